The van der Waals surface area contributed by atoms with Gasteiger partial charge in [-0.1, -0.05) is 43.6 Å². The van der Waals surface area contributed by atoms with E-state index in [-0.39, 0.29) is 17.5 Å². The first-order chi connectivity index (χ1) is 21.8. The molecule has 6 rings (SSSR count). The number of aromatic nitrogens is 3. The molecule has 4 aromatic rings. The topological polar surface area (TPSA) is 86.6 Å². The summed E-state index contributed by atoms with van der Waals surface area (Å²) in [5, 5.41) is 4.69. The Labute approximate surface area is 269 Å². The lowest BCUT2D eigenvalue weighted by atomic mass is 9.98. The molecule has 0 aliphatic carbocycles. The van der Waals surface area contributed by atoms with Gasteiger partial charge in [0, 0.05) is 79.2 Å². The van der Waals surface area contributed by atoms with Gasteiger partial charge in [0.05, 0.1) is 11.6 Å². The zero-order valence-corrected chi connectivity index (χ0v) is 27.4. The Kier molecular flexibility index (Phi) is 9.10. The third kappa shape index (κ3) is 6.16. The summed E-state index contributed by atoms with van der Waals surface area (Å²) in [5.74, 6) is 0.514. The third-order valence-corrected chi connectivity index (χ3v) is 9.71. The molecule has 236 valence electrons. The third-order valence-electron chi connectivity index (χ3n) is 9.38. The average Bonchev–Trinajstić information content (AvgIpc) is 3.05. The minimum Gasteiger partial charge on any atom is -0.369 e. The van der Waals surface area contributed by atoms with E-state index in [1.54, 1.807) is 16.8 Å². The summed E-state index contributed by atoms with van der Waals surface area (Å²) in [6.45, 7) is 14.6. The summed E-state index contributed by atoms with van der Waals surface area (Å²) in [4.78, 5) is 43.6. The molecule has 0 saturated carbocycles. The van der Waals surface area contributed by atoms with E-state index in [9.17, 15) is 9.59 Å². The molecule has 1 unspecified atom stereocenters. The number of piperazine rings is 1. The Morgan fingerprint density at radius 2 is 1.82 bits per heavy atom. The van der Waals surface area contributed by atoms with Crippen molar-refractivity contribution in [3.05, 3.63) is 75.2 Å². The van der Waals surface area contributed by atoms with Crippen molar-refractivity contribution in [2.75, 3.05) is 56.0 Å². The Balaban J connectivity index is 1.40. The van der Waals surface area contributed by atoms with Crippen LogP contribution in [0.15, 0.2) is 53.5 Å². The molecule has 1 atom stereocenters. The number of nitrogens with one attached hydrogen (secondary N) is 1. The molecule has 45 heavy (non-hydrogen) atoms. The maximum absolute atomic E-state index is 14.5. The predicted molar refractivity (Wildman–Crippen MR) is 183 cm³/mol. The van der Waals surface area contributed by atoms with Gasteiger partial charge in [0.2, 0.25) is 11.9 Å². The molecule has 2 aromatic heterocycles. The summed E-state index contributed by atoms with van der Waals surface area (Å²) in [5.41, 5.74) is 5.73. The molecular weight excluding hydrogens is 586 g/mol. The summed E-state index contributed by atoms with van der Waals surface area (Å²) < 4.78 is 1.78. The number of anilines is 3. The number of rotatable bonds is 7. The highest BCUT2D eigenvalue weighted by atomic mass is 35.5. The van der Waals surface area contributed by atoms with Gasteiger partial charge in [-0.15, -0.1) is 0 Å². The standard InChI is InChI=1S/C35H42ClN7O2/c1-5-31(44)42-15-9-10-26(22-42)43-33-28(24(4)32(34(43)45)27-11-7-8-12-29(27)36)21-37-35(39-33)38-25-13-14-30(23(3)20-25)41-18-16-40(6-2)17-19-41/h7-8,11-14,20-21,26H,5-6,9-10,15-19,22H2,1-4H3,(H,37,38,39). The Morgan fingerprint density at radius 3 is 2.53 bits per heavy atom. The number of likely N-dealkylation sites (tertiary alicyclic amines) is 1. The molecule has 1 amide bonds. The maximum Gasteiger partial charge on any atom is 0.260 e. The molecule has 2 aromatic carbocycles. The normalized spacial score (nSPS) is 17.6. The van der Waals surface area contributed by atoms with Crippen LogP contribution in [0.3, 0.4) is 0 Å². The molecule has 2 saturated heterocycles. The quantitative estimate of drug-likeness (QED) is 0.262. The van der Waals surface area contributed by atoms with Crippen LogP contribution in [-0.2, 0) is 4.79 Å². The average molecular weight is 628 g/mol. The Hall–Kier alpha value is -3.95. The molecule has 9 nitrogen and oxygen atoms in total. The number of hydrogen-bond donors (Lipinski definition) is 1. The largest absolute Gasteiger partial charge is 0.369 e. The smallest absolute Gasteiger partial charge is 0.260 e. The number of halogens is 1. The number of aryl methyl sites for hydroxylation is 2. The number of hydrogen-bond acceptors (Lipinski definition) is 7. The lowest BCUT2D eigenvalue weighted by molar-refractivity contribution is -0.132. The number of pyridine rings is 1. The van der Waals surface area contributed by atoms with Crippen LogP contribution in [0.4, 0.5) is 17.3 Å². The molecule has 2 fully saturated rings. The first-order valence-corrected chi connectivity index (χ1v) is 16.5. The van der Waals surface area contributed by atoms with Crippen molar-refractivity contribution in [3.63, 3.8) is 0 Å². The second-order valence-corrected chi connectivity index (χ2v) is 12.5. The van der Waals surface area contributed by atoms with E-state index in [1.165, 1.54) is 11.3 Å². The number of piperidine rings is 1. The van der Waals surface area contributed by atoms with Crippen molar-refractivity contribution < 1.29 is 4.79 Å². The van der Waals surface area contributed by atoms with Crippen LogP contribution >= 0.6 is 11.6 Å². The second kappa shape index (κ2) is 13.2. The van der Waals surface area contributed by atoms with Crippen molar-refractivity contribution in [1.82, 2.24) is 24.3 Å². The first kappa shape index (κ1) is 31.0. The Bertz CT molecular complexity index is 1780. The Morgan fingerprint density at radius 1 is 1.04 bits per heavy atom. The van der Waals surface area contributed by atoms with E-state index in [1.807, 2.05) is 36.9 Å². The number of likely N-dealkylation sites (N-methyl/N-ethyl adjacent to an activating group) is 1. The van der Waals surface area contributed by atoms with Gasteiger partial charge >= 0.3 is 0 Å². The van der Waals surface area contributed by atoms with Crippen molar-refractivity contribution >= 4 is 45.9 Å². The van der Waals surface area contributed by atoms with Crippen molar-refractivity contribution in [2.45, 2.75) is 53.0 Å². The van der Waals surface area contributed by atoms with Gasteiger partial charge < -0.3 is 20.0 Å². The number of fused-ring (bicyclic) bond motifs is 1. The SMILES string of the molecule is CCC(=O)N1CCCC(n2c(=O)c(-c3ccccc3Cl)c(C)c3cnc(Nc4ccc(N5CCN(CC)CC5)c(C)c4)nc32)C1. The molecule has 0 bridgehead atoms. The molecular formula is C35H42ClN7O2. The van der Waals surface area contributed by atoms with Crippen LogP contribution in [0.1, 0.15) is 50.3 Å². The summed E-state index contributed by atoms with van der Waals surface area (Å²) in [7, 11) is 0. The molecule has 0 radical (unpaired) electrons. The summed E-state index contributed by atoms with van der Waals surface area (Å²) in [6, 6.07) is 13.6. The fourth-order valence-electron chi connectivity index (χ4n) is 6.85. The monoisotopic (exact) mass is 627 g/mol. The zero-order chi connectivity index (χ0) is 31.7. The van der Waals surface area contributed by atoms with Crippen LogP contribution in [0, 0.1) is 13.8 Å². The first-order valence-electron chi connectivity index (χ1n) is 16.1. The van der Waals surface area contributed by atoms with Gasteiger partial charge in [-0.25, -0.2) is 4.98 Å². The fourth-order valence-corrected chi connectivity index (χ4v) is 7.08. The van der Waals surface area contributed by atoms with Crippen molar-refractivity contribution in [2.24, 2.45) is 0 Å². The van der Waals surface area contributed by atoms with Gasteiger partial charge in [0.15, 0.2) is 0 Å². The van der Waals surface area contributed by atoms with E-state index in [0.717, 1.165) is 62.2 Å². The summed E-state index contributed by atoms with van der Waals surface area (Å²) in [6.07, 6.45) is 3.81. The number of amides is 1. The van der Waals surface area contributed by atoms with E-state index < -0.39 is 0 Å². The van der Waals surface area contributed by atoms with Crippen LogP contribution in [-0.4, -0.2) is 76.1 Å². The maximum atomic E-state index is 14.5. The van der Waals surface area contributed by atoms with Crippen molar-refractivity contribution in [3.8, 4) is 11.1 Å². The van der Waals surface area contributed by atoms with Crippen LogP contribution in [0.25, 0.3) is 22.2 Å². The zero-order valence-electron chi connectivity index (χ0n) is 26.6. The number of nitrogens with zero attached hydrogens (tertiary/aromatic N) is 6. The van der Waals surface area contributed by atoms with E-state index in [0.29, 0.717) is 47.3 Å². The van der Waals surface area contributed by atoms with Gasteiger partial charge in [-0.3, -0.25) is 14.2 Å². The lowest BCUT2D eigenvalue weighted by Gasteiger charge is -2.36. The molecule has 10 heteroatoms. The van der Waals surface area contributed by atoms with Crippen LogP contribution in [0.5, 0.6) is 0 Å². The molecule has 4 heterocycles. The highest BCUT2D eigenvalue weighted by Crippen LogP contribution is 2.34. The minimum absolute atomic E-state index is 0.0959. The predicted octanol–water partition coefficient (Wildman–Crippen LogP) is 6.19. The van der Waals surface area contributed by atoms with Gasteiger partial charge in [0.25, 0.3) is 5.56 Å². The van der Waals surface area contributed by atoms with Gasteiger partial charge in [0.1, 0.15) is 5.65 Å². The highest BCUT2D eigenvalue weighted by Gasteiger charge is 2.29. The van der Waals surface area contributed by atoms with E-state index in [2.05, 4.69) is 47.2 Å². The molecule has 2 aliphatic rings. The number of benzene rings is 2. The molecule has 0 spiro atoms. The minimum atomic E-state index is -0.219. The van der Waals surface area contributed by atoms with Crippen LogP contribution in [0.2, 0.25) is 5.02 Å². The number of carbonyl (C=O) groups excluding carboxylic acids is 1. The molecule has 2 aliphatic heterocycles. The fraction of sp³-hybridized carbons (Fsp3) is 0.429. The summed E-state index contributed by atoms with van der Waals surface area (Å²) >= 11 is 6.63. The highest BCUT2D eigenvalue weighted by molar-refractivity contribution is 6.33. The molecule has 1 N–H and O–H groups in total. The number of carbonyl (C=O) groups is 1. The van der Waals surface area contributed by atoms with E-state index >= 15 is 0 Å². The lowest BCUT2D eigenvalue weighted by Crippen LogP contribution is -2.46. The van der Waals surface area contributed by atoms with Crippen LogP contribution < -0.4 is 15.8 Å². The second-order valence-electron chi connectivity index (χ2n) is 12.1. The van der Waals surface area contributed by atoms with Gasteiger partial charge in [-0.2, -0.15) is 4.98 Å². The van der Waals surface area contributed by atoms with E-state index in [4.69, 9.17) is 21.6 Å². The van der Waals surface area contributed by atoms with Crippen molar-refractivity contribution in [1.29, 1.82) is 0 Å². The van der Waals surface area contributed by atoms with Gasteiger partial charge in [-0.05, 0) is 68.6 Å².